The van der Waals surface area contributed by atoms with Crippen LogP contribution >= 0.6 is 0 Å². The fraction of sp³-hybridized carbons (Fsp3) is 0.158. The summed E-state index contributed by atoms with van der Waals surface area (Å²) >= 11 is 0. The highest BCUT2D eigenvalue weighted by atomic mass is 32.2. The molecule has 0 bridgehead atoms. The maximum atomic E-state index is 13.2. The topological polar surface area (TPSA) is 89.3 Å². The lowest BCUT2D eigenvalue weighted by Gasteiger charge is -2.09. The van der Waals surface area contributed by atoms with Crippen LogP contribution in [0.5, 0.6) is 0 Å². The number of hydrogen-bond donors (Lipinski definition) is 1. The number of carbonyl (C=O) groups is 1. The Balaban J connectivity index is 2.09. The normalized spacial score (nSPS) is 12.1. The van der Waals surface area contributed by atoms with Gasteiger partial charge in [-0.3, -0.25) is 4.79 Å². The largest absolute Gasteiger partial charge is 0.481 e. The zero-order valence-electron chi connectivity index (χ0n) is 15.0. The minimum Gasteiger partial charge on any atom is -0.481 e. The van der Waals surface area contributed by atoms with Crippen LogP contribution in [0.3, 0.4) is 0 Å². The standard InChI is InChI=1S/C19H15F3N2O4S/c1-29(27,28)15-8-4-13(5-9-15)16-11-17(19(20,21)22)23-24(16)14-6-2-12(3-7-14)10-18(25)26/h2-9,11H,10H2,1H3,(H,25,26). The summed E-state index contributed by atoms with van der Waals surface area (Å²) in [7, 11) is -3.45. The van der Waals surface area contributed by atoms with E-state index in [9.17, 15) is 26.4 Å². The van der Waals surface area contributed by atoms with Gasteiger partial charge in [0, 0.05) is 11.8 Å². The lowest BCUT2D eigenvalue weighted by atomic mass is 10.1. The molecule has 0 spiro atoms. The average Bonchev–Trinajstić information content (AvgIpc) is 3.07. The molecule has 0 radical (unpaired) electrons. The van der Waals surface area contributed by atoms with Gasteiger partial charge < -0.3 is 5.11 Å². The molecule has 3 rings (SSSR count). The minimum absolute atomic E-state index is 0.0429. The van der Waals surface area contributed by atoms with Crippen molar-refractivity contribution < 1.29 is 31.5 Å². The van der Waals surface area contributed by atoms with Gasteiger partial charge in [-0.25, -0.2) is 13.1 Å². The second-order valence-electron chi connectivity index (χ2n) is 6.36. The summed E-state index contributed by atoms with van der Waals surface area (Å²) in [4.78, 5) is 10.8. The van der Waals surface area contributed by atoms with Crippen LogP contribution < -0.4 is 0 Å². The summed E-state index contributed by atoms with van der Waals surface area (Å²) in [6.07, 6.45) is -3.85. The number of sulfone groups is 1. The van der Waals surface area contributed by atoms with Crippen LogP contribution in [0.1, 0.15) is 11.3 Å². The van der Waals surface area contributed by atoms with Crippen LogP contribution in [0.2, 0.25) is 0 Å². The summed E-state index contributed by atoms with van der Waals surface area (Å²) in [6, 6.07) is 12.2. The first-order chi connectivity index (χ1) is 13.4. The van der Waals surface area contributed by atoms with Gasteiger partial charge in [-0.15, -0.1) is 0 Å². The fourth-order valence-electron chi connectivity index (χ4n) is 2.72. The lowest BCUT2D eigenvalue weighted by Crippen LogP contribution is -2.07. The zero-order chi connectivity index (χ0) is 21.4. The fourth-order valence-corrected chi connectivity index (χ4v) is 3.36. The highest BCUT2D eigenvalue weighted by Gasteiger charge is 2.35. The Hall–Kier alpha value is -3.14. The maximum Gasteiger partial charge on any atom is 0.435 e. The van der Waals surface area contributed by atoms with Gasteiger partial charge in [0.05, 0.1) is 22.7 Å². The van der Waals surface area contributed by atoms with Gasteiger partial charge in [-0.2, -0.15) is 18.3 Å². The number of halogens is 3. The van der Waals surface area contributed by atoms with Gasteiger partial charge in [0.15, 0.2) is 15.5 Å². The Morgan fingerprint density at radius 2 is 1.66 bits per heavy atom. The van der Waals surface area contributed by atoms with Crippen molar-refractivity contribution in [3.05, 3.63) is 65.9 Å². The molecule has 2 aromatic carbocycles. The van der Waals surface area contributed by atoms with Crippen LogP contribution in [-0.4, -0.2) is 35.5 Å². The first-order valence-electron chi connectivity index (χ1n) is 8.24. The van der Waals surface area contributed by atoms with Crippen molar-refractivity contribution in [2.24, 2.45) is 0 Å². The molecule has 152 valence electrons. The predicted molar refractivity (Wildman–Crippen MR) is 98.5 cm³/mol. The number of rotatable bonds is 5. The molecule has 0 amide bonds. The monoisotopic (exact) mass is 424 g/mol. The molecule has 0 unspecified atom stereocenters. The first-order valence-corrected chi connectivity index (χ1v) is 10.1. The smallest absolute Gasteiger partial charge is 0.435 e. The summed E-state index contributed by atoms with van der Waals surface area (Å²) in [6.45, 7) is 0. The van der Waals surface area contributed by atoms with Crippen LogP contribution in [0.4, 0.5) is 13.2 Å². The van der Waals surface area contributed by atoms with E-state index in [2.05, 4.69) is 5.10 Å². The molecule has 0 aliphatic carbocycles. The maximum absolute atomic E-state index is 13.2. The number of nitrogens with zero attached hydrogens (tertiary/aromatic N) is 2. The zero-order valence-corrected chi connectivity index (χ0v) is 15.8. The molecule has 3 aromatic rings. The third kappa shape index (κ3) is 4.65. The number of hydrogen-bond acceptors (Lipinski definition) is 4. The van der Waals surface area contributed by atoms with Gasteiger partial charge in [-0.1, -0.05) is 24.3 Å². The third-order valence-electron chi connectivity index (χ3n) is 4.11. The highest BCUT2D eigenvalue weighted by Crippen LogP contribution is 2.33. The second-order valence-corrected chi connectivity index (χ2v) is 8.37. The molecular formula is C19H15F3N2O4S. The quantitative estimate of drug-likeness (QED) is 0.676. The Labute approximate surface area is 164 Å². The average molecular weight is 424 g/mol. The van der Waals surface area contributed by atoms with Gasteiger partial charge in [0.25, 0.3) is 0 Å². The molecule has 1 N–H and O–H groups in total. The van der Waals surface area contributed by atoms with Crippen molar-refractivity contribution in [2.75, 3.05) is 6.26 Å². The molecule has 0 aliphatic heterocycles. The molecule has 0 aliphatic rings. The van der Waals surface area contributed by atoms with Gasteiger partial charge in [-0.05, 0) is 35.9 Å². The molecule has 29 heavy (non-hydrogen) atoms. The molecule has 1 heterocycles. The Morgan fingerprint density at radius 1 is 1.07 bits per heavy atom. The molecule has 10 heteroatoms. The summed E-state index contributed by atoms with van der Waals surface area (Å²) in [5.74, 6) is -1.03. The van der Waals surface area contributed by atoms with Crippen molar-refractivity contribution in [3.8, 4) is 16.9 Å². The lowest BCUT2D eigenvalue weighted by molar-refractivity contribution is -0.141. The van der Waals surface area contributed by atoms with Gasteiger partial charge >= 0.3 is 12.1 Å². The van der Waals surface area contributed by atoms with Crippen LogP contribution in [0.25, 0.3) is 16.9 Å². The number of carboxylic acid groups (broad SMARTS) is 1. The van der Waals surface area contributed by atoms with E-state index in [1.165, 1.54) is 48.5 Å². The van der Waals surface area contributed by atoms with E-state index < -0.39 is 27.7 Å². The molecular weight excluding hydrogens is 409 g/mol. The number of aromatic nitrogens is 2. The van der Waals surface area contributed by atoms with Crippen molar-refractivity contribution in [1.82, 2.24) is 9.78 Å². The SMILES string of the molecule is CS(=O)(=O)c1ccc(-c2cc(C(F)(F)F)nn2-c2ccc(CC(=O)O)cc2)cc1. The Bertz CT molecular complexity index is 1150. The van der Waals surface area contributed by atoms with Crippen molar-refractivity contribution in [2.45, 2.75) is 17.5 Å². The first kappa shape index (κ1) is 20.6. The summed E-state index contributed by atoms with van der Waals surface area (Å²) in [5, 5.41) is 12.5. The second kappa shape index (κ2) is 7.36. The number of alkyl halides is 3. The van der Waals surface area contributed by atoms with Crippen molar-refractivity contribution >= 4 is 15.8 Å². The number of aliphatic carboxylic acids is 1. The Kier molecular flexibility index (Phi) is 5.22. The summed E-state index contributed by atoms with van der Waals surface area (Å²) < 4.78 is 64.0. The molecule has 0 saturated heterocycles. The van der Waals surface area contributed by atoms with E-state index in [0.717, 1.165) is 17.0 Å². The molecule has 0 saturated carbocycles. The van der Waals surface area contributed by atoms with Crippen LogP contribution in [-0.2, 0) is 27.2 Å². The van der Waals surface area contributed by atoms with Crippen molar-refractivity contribution in [1.29, 1.82) is 0 Å². The predicted octanol–water partition coefficient (Wildman–Crippen LogP) is 3.59. The van der Waals surface area contributed by atoms with E-state index in [0.29, 0.717) is 16.8 Å². The molecule has 1 aromatic heterocycles. The van der Waals surface area contributed by atoms with E-state index in [4.69, 9.17) is 5.11 Å². The van der Waals surface area contributed by atoms with E-state index >= 15 is 0 Å². The van der Waals surface area contributed by atoms with Crippen molar-refractivity contribution in [3.63, 3.8) is 0 Å². The van der Waals surface area contributed by atoms with Gasteiger partial charge in [0.1, 0.15) is 0 Å². The number of carboxylic acids is 1. The third-order valence-corrected chi connectivity index (χ3v) is 5.24. The molecule has 0 fully saturated rings. The highest BCUT2D eigenvalue weighted by molar-refractivity contribution is 7.90. The minimum atomic E-state index is -4.67. The molecule has 0 atom stereocenters. The molecule has 6 nitrogen and oxygen atoms in total. The summed E-state index contributed by atoms with van der Waals surface area (Å²) in [5.41, 5.74) is 0.146. The van der Waals surface area contributed by atoms with Crippen LogP contribution in [0, 0.1) is 0 Å². The van der Waals surface area contributed by atoms with Crippen LogP contribution in [0.15, 0.2) is 59.5 Å². The Morgan fingerprint density at radius 3 is 2.14 bits per heavy atom. The van der Waals surface area contributed by atoms with E-state index in [-0.39, 0.29) is 17.0 Å². The van der Waals surface area contributed by atoms with Gasteiger partial charge in [0.2, 0.25) is 0 Å². The number of benzene rings is 2. The van der Waals surface area contributed by atoms with E-state index in [1.807, 2.05) is 0 Å². The van der Waals surface area contributed by atoms with E-state index in [1.54, 1.807) is 0 Å².